The Hall–Kier alpha value is -1.79. The standard InChI is InChI=1S/C20H25ClN4OS/c1-14(19(26)22-13-12-15-8-4-3-5-9-15)27-20-24-23-18(25(20)2)16-10-6-7-11-17(16)21/h6-8,10-11,14H,3-5,9,12-13H2,1-2H3,(H,22,26)/t14-/m0/s1. The molecule has 0 aliphatic heterocycles. The van der Waals surface area contributed by atoms with Crippen LogP contribution in [0, 0.1) is 0 Å². The van der Waals surface area contributed by atoms with E-state index in [0.29, 0.717) is 22.5 Å². The zero-order chi connectivity index (χ0) is 19.2. The van der Waals surface area contributed by atoms with Gasteiger partial charge in [-0.25, -0.2) is 0 Å². The van der Waals surface area contributed by atoms with Crippen molar-refractivity contribution in [2.45, 2.75) is 49.4 Å². The first-order valence-electron chi connectivity index (χ1n) is 9.33. The zero-order valence-electron chi connectivity index (χ0n) is 15.7. The van der Waals surface area contributed by atoms with E-state index in [4.69, 9.17) is 11.6 Å². The fraction of sp³-hybridized carbons (Fsp3) is 0.450. The minimum Gasteiger partial charge on any atom is -0.355 e. The molecule has 7 heteroatoms. The Kier molecular flexibility index (Phi) is 6.96. The lowest BCUT2D eigenvalue weighted by molar-refractivity contribution is -0.120. The average Bonchev–Trinajstić information content (AvgIpc) is 3.03. The van der Waals surface area contributed by atoms with E-state index >= 15 is 0 Å². The minimum atomic E-state index is -0.243. The van der Waals surface area contributed by atoms with Crippen molar-refractivity contribution in [2.75, 3.05) is 6.54 Å². The molecule has 0 saturated heterocycles. The smallest absolute Gasteiger partial charge is 0.233 e. The van der Waals surface area contributed by atoms with Crippen molar-refractivity contribution in [3.8, 4) is 11.4 Å². The molecule has 3 rings (SSSR count). The number of nitrogens with one attached hydrogen (secondary N) is 1. The fourth-order valence-electron chi connectivity index (χ4n) is 3.13. The molecule has 5 nitrogen and oxygen atoms in total. The number of thioether (sulfide) groups is 1. The van der Waals surface area contributed by atoms with Crippen molar-refractivity contribution >= 4 is 29.3 Å². The van der Waals surface area contributed by atoms with E-state index in [1.54, 1.807) is 0 Å². The Morgan fingerprint density at radius 1 is 1.33 bits per heavy atom. The molecule has 0 saturated carbocycles. The summed E-state index contributed by atoms with van der Waals surface area (Å²) >= 11 is 7.67. The number of aromatic nitrogens is 3. The minimum absolute atomic E-state index is 0.0266. The lowest BCUT2D eigenvalue weighted by Crippen LogP contribution is -2.32. The van der Waals surface area contributed by atoms with Crippen LogP contribution in [0.15, 0.2) is 41.1 Å². The van der Waals surface area contributed by atoms with Crippen LogP contribution < -0.4 is 5.32 Å². The SMILES string of the molecule is C[C@H](Sc1nnc(-c2ccccc2Cl)n1C)C(=O)NCCC1=CCCCC1. The quantitative estimate of drug-likeness (QED) is 0.540. The molecule has 1 amide bonds. The number of nitrogens with zero attached hydrogens (tertiary/aromatic N) is 3. The molecule has 0 fully saturated rings. The molecule has 1 heterocycles. The van der Waals surface area contributed by atoms with Gasteiger partial charge in [0.15, 0.2) is 11.0 Å². The fourth-order valence-corrected chi connectivity index (χ4v) is 4.19. The Balaban J connectivity index is 1.56. The molecule has 0 unspecified atom stereocenters. The van der Waals surface area contributed by atoms with Crippen molar-refractivity contribution in [2.24, 2.45) is 7.05 Å². The van der Waals surface area contributed by atoms with Gasteiger partial charge in [-0.1, -0.05) is 47.1 Å². The second-order valence-electron chi connectivity index (χ2n) is 6.75. The summed E-state index contributed by atoms with van der Waals surface area (Å²) in [5, 5.41) is 12.6. The van der Waals surface area contributed by atoms with E-state index in [9.17, 15) is 4.79 Å². The van der Waals surface area contributed by atoms with Crippen LogP contribution in [0.25, 0.3) is 11.4 Å². The van der Waals surface area contributed by atoms with Gasteiger partial charge in [-0.05, 0) is 51.2 Å². The van der Waals surface area contributed by atoms with Crippen LogP contribution in [0.2, 0.25) is 5.02 Å². The van der Waals surface area contributed by atoms with Crippen molar-refractivity contribution < 1.29 is 4.79 Å². The largest absolute Gasteiger partial charge is 0.355 e. The maximum atomic E-state index is 12.4. The summed E-state index contributed by atoms with van der Waals surface area (Å²) in [6.07, 6.45) is 8.18. The summed E-state index contributed by atoms with van der Waals surface area (Å²) in [7, 11) is 1.89. The van der Waals surface area contributed by atoms with E-state index < -0.39 is 0 Å². The second-order valence-corrected chi connectivity index (χ2v) is 8.47. The van der Waals surface area contributed by atoms with Gasteiger partial charge in [-0.15, -0.1) is 10.2 Å². The normalized spacial score (nSPS) is 15.3. The highest BCUT2D eigenvalue weighted by Gasteiger charge is 2.20. The number of carbonyl (C=O) groups is 1. The third-order valence-electron chi connectivity index (χ3n) is 4.73. The first-order valence-corrected chi connectivity index (χ1v) is 10.6. The van der Waals surface area contributed by atoms with Gasteiger partial charge in [0, 0.05) is 19.2 Å². The van der Waals surface area contributed by atoms with E-state index in [-0.39, 0.29) is 11.2 Å². The first-order chi connectivity index (χ1) is 13.1. The van der Waals surface area contributed by atoms with Crippen LogP contribution >= 0.6 is 23.4 Å². The van der Waals surface area contributed by atoms with E-state index in [1.165, 1.54) is 43.0 Å². The number of carbonyl (C=O) groups excluding carboxylic acids is 1. The Bertz CT molecular complexity index is 833. The third-order valence-corrected chi connectivity index (χ3v) is 6.19. The molecular weight excluding hydrogens is 380 g/mol. The molecular formula is C20H25ClN4OS. The highest BCUT2D eigenvalue weighted by Crippen LogP contribution is 2.29. The van der Waals surface area contributed by atoms with E-state index in [2.05, 4.69) is 21.6 Å². The van der Waals surface area contributed by atoms with Gasteiger partial charge in [0.2, 0.25) is 5.91 Å². The molecule has 144 valence electrons. The number of allylic oxidation sites excluding steroid dienone is 1. The third kappa shape index (κ3) is 5.14. The summed E-state index contributed by atoms with van der Waals surface area (Å²) < 4.78 is 1.88. The van der Waals surface area contributed by atoms with Gasteiger partial charge in [-0.3, -0.25) is 4.79 Å². The van der Waals surface area contributed by atoms with E-state index in [1.807, 2.05) is 42.8 Å². The number of amides is 1. The van der Waals surface area contributed by atoms with E-state index in [0.717, 1.165) is 12.0 Å². The maximum absolute atomic E-state index is 12.4. The molecule has 0 bridgehead atoms. The summed E-state index contributed by atoms with van der Waals surface area (Å²) in [6.45, 7) is 2.59. The van der Waals surface area contributed by atoms with Gasteiger partial charge < -0.3 is 9.88 Å². The first kappa shape index (κ1) is 20.0. The van der Waals surface area contributed by atoms with Crippen molar-refractivity contribution in [1.29, 1.82) is 0 Å². The van der Waals surface area contributed by atoms with Crippen LogP contribution in [0.1, 0.15) is 39.0 Å². The summed E-state index contributed by atoms with van der Waals surface area (Å²) in [5.41, 5.74) is 2.30. The topological polar surface area (TPSA) is 59.8 Å². The molecule has 1 aliphatic carbocycles. The maximum Gasteiger partial charge on any atom is 0.233 e. The Labute approximate surface area is 169 Å². The molecule has 0 radical (unpaired) electrons. The lowest BCUT2D eigenvalue weighted by atomic mass is 9.97. The molecule has 1 aromatic carbocycles. The number of hydrogen-bond acceptors (Lipinski definition) is 4. The summed E-state index contributed by atoms with van der Waals surface area (Å²) in [4.78, 5) is 12.4. The van der Waals surface area contributed by atoms with Crippen molar-refractivity contribution in [3.05, 3.63) is 40.9 Å². The van der Waals surface area contributed by atoms with Gasteiger partial charge in [0.1, 0.15) is 0 Å². The van der Waals surface area contributed by atoms with Gasteiger partial charge in [-0.2, -0.15) is 0 Å². The number of hydrogen-bond donors (Lipinski definition) is 1. The molecule has 2 aromatic rings. The predicted octanol–water partition coefficient (Wildman–Crippen LogP) is 4.62. The molecule has 1 atom stereocenters. The molecule has 27 heavy (non-hydrogen) atoms. The highest BCUT2D eigenvalue weighted by molar-refractivity contribution is 8.00. The van der Waals surface area contributed by atoms with Crippen LogP contribution in [0.3, 0.4) is 0 Å². The highest BCUT2D eigenvalue weighted by atomic mass is 35.5. The van der Waals surface area contributed by atoms with Crippen LogP contribution in [-0.4, -0.2) is 32.5 Å². The number of halogens is 1. The Morgan fingerprint density at radius 3 is 2.89 bits per heavy atom. The van der Waals surface area contributed by atoms with Crippen LogP contribution in [0.4, 0.5) is 0 Å². The Morgan fingerprint density at radius 2 is 2.15 bits per heavy atom. The van der Waals surface area contributed by atoms with Gasteiger partial charge in [0.05, 0.1) is 10.3 Å². The summed E-state index contributed by atoms with van der Waals surface area (Å²) in [6, 6.07) is 7.54. The molecule has 0 spiro atoms. The van der Waals surface area contributed by atoms with Crippen LogP contribution in [-0.2, 0) is 11.8 Å². The van der Waals surface area contributed by atoms with Crippen LogP contribution in [0.5, 0.6) is 0 Å². The van der Waals surface area contributed by atoms with Gasteiger partial charge in [0.25, 0.3) is 0 Å². The second kappa shape index (κ2) is 9.42. The monoisotopic (exact) mass is 404 g/mol. The summed E-state index contributed by atoms with van der Waals surface area (Å²) in [5.74, 6) is 0.721. The zero-order valence-corrected chi connectivity index (χ0v) is 17.3. The van der Waals surface area contributed by atoms with Crippen molar-refractivity contribution in [3.63, 3.8) is 0 Å². The molecule has 1 N–H and O–H groups in total. The average molecular weight is 405 g/mol. The molecule has 1 aliphatic rings. The predicted molar refractivity (Wildman–Crippen MR) is 111 cm³/mol. The number of benzene rings is 1. The number of rotatable bonds is 7. The van der Waals surface area contributed by atoms with Crippen molar-refractivity contribution in [1.82, 2.24) is 20.1 Å². The van der Waals surface area contributed by atoms with Gasteiger partial charge >= 0.3 is 0 Å². The lowest BCUT2D eigenvalue weighted by Gasteiger charge is -2.15. The molecule has 1 aromatic heterocycles.